The Bertz CT molecular complexity index is 495. The van der Waals surface area contributed by atoms with Crippen molar-refractivity contribution >= 4 is 5.91 Å². The van der Waals surface area contributed by atoms with E-state index >= 15 is 0 Å². The van der Waals surface area contributed by atoms with Crippen LogP contribution in [0.5, 0.6) is 11.5 Å². The second-order valence-corrected chi connectivity index (χ2v) is 5.52. The minimum atomic E-state index is -0.0638. The lowest BCUT2D eigenvalue weighted by Crippen LogP contribution is -2.45. The molecule has 1 aliphatic heterocycles. The summed E-state index contributed by atoms with van der Waals surface area (Å²) in [6, 6.07) is 7.65. The maximum absolute atomic E-state index is 11.9. The summed E-state index contributed by atoms with van der Waals surface area (Å²) in [5, 5.41) is 2.90. The van der Waals surface area contributed by atoms with E-state index in [1.165, 1.54) is 0 Å². The van der Waals surface area contributed by atoms with Crippen molar-refractivity contribution in [1.29, 1.82) is 0 Å². The van der Waals surface area contributed by atoms with Crippen LogP contribution in [0.25, 0.3) is 0 Å². The van der Waals surface area contributed by atoms with Crippen LogP contribution < -0.4 is 14.8 Å². The minimum absolute atomic E-state index is 0.0279. The predicted octanol–water partition coefficient (Wildman–Crippen LogP) is 1.30. The number of para-hydroxylation sites is 2. The minimum Gasteiger partial charge on any atom is -0.486 e. The van der Waals surface area contributed by atoms with Crippen molar-refractivity contribution in [3.63, 3.8) is 0 Å². The van der Waals surface area contributed by atoms with Crippen molar-refractivity contribution in [1.82, 2.24) is 10.2 Å². The highest BCUT2D eigenvalue weighted by molar-refractivity contribution is 5.77. The van der Waals surface area contributed by atoms with E-state index in [1.54, 1.807) is 7.11 Å². The first kappa shape index (κ1) is 17.6. The van der Waals surface area contributed by atoms with Gasteiger partial charge in [-0.1, -0.05) is 19.1 Å². The highest BCUT2D eigenvalue weighted by Gasteiger charge is 2.23. The van der Waals surface area contributed by atoms with E-state index in [0.717, 1.165) is 24.5 Å². The first-order valence-electron chi connectivity index (χ1n) is 8.09. The molecular formula is C17H26N2O4. The van der Waals surface area contributed by atoms with Crippen LogP contribution in [0.4, 0.5) is 0 Å². The van der Waals surface area contributed by atoms with Crippen LogP contribution in [-0.4, -0.2) is 63.4 Å². The Morgan fingerprint density at radius 3 is 2.91 bits per heavy atom. The van der Waals surface area contributed by atoms with Crippen LogP contribution >= 0.6 is 0 Å². The quantitative estimate of drug-likeness (QED) is 0.695. The molecule has 6 nitrogen and oxygen atoms in total. The average molecular weight is 322 g/mol. The number of amides is 1. The van der Waals surface area contributed by atoms with Gasteiger partial charge < -0.3 is 19.5 Å². The number of carbonyl (C=O) groups excluding carboxylic acids is 1. The van der Waals surface area contributed by atoms with E-state index < -0.39 is 0 Å². The number of carbonyl (C=O) groups is 1. The van der Waals surface area contributed by atoms with Gasteiger partial charge in [-0.3, -0.25) is 9.69 Å². The standard InChI is InChI=1S/C17H26N2O4/c1-3-19(12-17(20)18-9-6-10-21-2)11-14-13-22-15-7-4-5-8-16(15)23-14/h4-5,7-8,14H,3,6,9-13H2,1-2H3,(H,18,20). The lowest BCUT2D eigenvalue weighted by molar-refractivity contribution is -0.122. The number of hydrogen-bond donors (Lipinski definition) is 1. The number of ether oxygens (including phenoxy) is 3. The van der Waals surface area contributed by atoms with Crippen LogP contribution in [0.3, 0.4) is 0 Å². The summed E-state index contributed by atoms with van der Waals surface area (Å²) in [4.78, 5) is 14.0. The fourth-order valence-electron chi connectivity index (χ4n) is 2.45. The van der Waals surface area contributed by atoms with Gasteiger partial charge in [0.25, 0.3) is 0 Å². The molecule has 0 bridgehead atoms. The molecule has 0 radical (unpaired) electrons. The van der Waals surface area contributed by atoms with Gasteiger partial charge in [-0.25, -0.2) is 0 Å². The largest absolute Gasteiger partial charge is 0.486 e. The van der Waals surface area contributed by atoms with E-state index in [1.807, 2.05) is 31.2 Å². The molecule has 1 aliphatic rings. The Morgan fingerprint density at radius 2 is 2.17 bits per heavy atom. The molecule has 23 heavy (non-hydrogen) atoms. The maximum atomic E-state index is 11.9. The number of hydrogen-bond acceptors (Lipinski definition) is 5. The van der Waals surface area contributed by atoms with Gasteiger partial charge in [0.05, 0.1) is 6.54 Å². The molecule has 0 aromatic heterocycles. The normalized spacial score (nSPS) is 16.4. The van der Waals surface area contributed by atoms with Crippen molar-refractivity contribution in [3.05, 3.63) is 24.3 Å². The number of fused-ring (bicyclic) bond motifs is 1. The summed E-state index contributed by atoms with van der Waals surface area (Å²) < 4.78 is 16.6. The van der Waals surface area contributed by atoms with E-state index in [-0.39, 0.29) is 12.0 Å². The summed E-state index contributed by atoms with van der Waals surface area (Å²) in [6.07, 6.45) is 0.760. The van der Waals surface area contributed by atoms with Gasteiger partial charge in [0.15, 0.2) is 11.5 Å². The molecule has 0 saturated heterocycles. The molecule has 1 N–H and O–H groups in total. The van der Waals surface area contributed by atoms with Crippen LogP contribution in [0.15, 0.2) is 24.3 Å². The molecule has 1 amide bonds. The highest BCUT2D eigenvalue weighted by Crippen LogP contribution is 2.30. The summed E-state index contributed by atoms with van der Waals surface area (Å²) in [5.41, 5.74) is 0. The van der Waals surface area contributed by atoms with Crippen molar-refractivity contribution < 1.29 is 19.0 Å². The number of benzene rings is 1. The number of likely N-dealkylation sites (N-methyl/N-ethyl adjacent to an activating group) is 1. The Morgan fingerprint density at radius 1 is 1.39 bits per heavy atom. The second-order valence-electron chi connectivity index (χ2n) is 5.52. The maximum Gasteiger partial charge on any atom is 0.234 e. The first-order chi connectivity index (χ1) is 11.2. The second kappa shape index (κ2) is 9.37. The van der Waals surface area contributed by atoms with Gasteiger partial charge in [0, 0.05) is 26.8 Å². The molecule has 0 spiro atoms. The van der Waals surface area contributed by atoms with Crippen LogP contribution in [0.1, 0.15) is 13.3 Å². The monoisotopic (exact) mass is 322 g/mol. The zero-order valence-corrected chi connectivity index (χ0v) is 13.9. The molecule has 0 saturated carbocycles. The topological polar surface area (TPSA) is 60.0 Å². The van der Waals surface area contributed by atoms with Crippen molar-refractivity contribution in [2.45, 2.75) is 19.4 Å². The zero-order valence-electron chi connectivity index (χ0n) is 13.9. The van der Waals surface area contributed by atoms with Gasteiger partial charge in [0.2, 0.25) is 5.91 Å². The molecule has 0 aliphatic carbocycles. The van der Waals surface area contributed by atoms with Crippen LogP contribution in [0.2, 0.25) is 0 Å². The van der Waals surface area contributed by atoms with Gasteiger partial charge in [-0.2, -0.15) is 0 Å². The lowest BCUT2D eigenvalue weighted by Gasteiger charge is -2.30. The third-order valence-corrected chi connectivity index (χ3v) is 3.69. The fraction of sp³-hybridized carbons (Fsp3) is 0.588. The first-order valence-corrected chi connectivity index (χ1v) is 8.09. The molecule has 1 atom stereocenters. The summed E-state index contributed by atoms with van der Waals surface area (Å²) >= 11 is 0. The predicted molar refractivity (Wildman–Crippen MR) is 88.0 cm³/mol. The van der Waals surface area contributed by atoms with Crippen LogP contribution in [0, 0.1) is 0 Å². The molecule has 2 rings (SSSR count). The smallest absolute Gasteiger partial charge is 0.234 e. The van der Waals surface area contributed by atoms with E-state index in [2.05, 4.69) is 10.2 Å². The summed E-state index contributed by atoms with van der Waals surface area (Å²) in [5.74, 6) is 1.58. The van der Waals surface area contributed by atoms with E-state index in [4.69, 9.17) is 14.2 Å². The number of rotatable bonds is 9. The molecular weight excluding hydrogens is 296 g/mol. The molecule has 1 heterocycles. The van der Waals surface area contributed by atoms with Gasteiger partial charge in [0.1, 0.15) is 12.7 Å². The molecule has 6 heteroatoms. The van der Waals surface area contributed by atoms with Gasteiger partial charge in [-0.05, 0) is 25.1 Å². The van der Waals surface area contributed by atoms with Crippen LogP contribution in [-0.2, 0) is 9.53 Å². The zero-order chi connectivity index (χ0) is 16.5. The number of nitrogens with one attached hydrogen (secondary N) is 1. The third kappa shape index (κ3) is 5.73. The molecule has 128 valence electrons. The average Bonchev–Trinajstić information content (AvgIpc) is 2.58. The van der Waals surface area contributed by atoms with E-state index in [9.17, 15) is 4.79 Å². The van der Waals surface area contributed by atoms with E-state index in [0.29, 0.717) is 32.8 Å². The highest BCUT2D eigenvalue weighted by atomic mass is 16.6. The molecule has 1 aromatic rings. The Hall–Kier alpha value is -1.79. The van der Waals surface area contributed by atoms with Gasteiger partial charge in [-0.15, -0.1) is 0 Å². The summed E-state index contributed by atoms with van der Waals surface area (Å²) in [7, 11) is 1.66. The number of methoxy groups -OCH3 is 1. The third-order valence-electron chi connectivity index (χ3n) is 3.69. The Balaban J connectivity index is 1.75. The Labute approximate surface area is 137 Å². The molecule has 1 aromatic carbocycles. The Kier molecular flexibility index (Phi) is 7.16. The van der Waals surface area contributed by atoms with Gasteiger partial charge >= 0.3 is 0 Å². The van der Waals surface area contributed by atoms with Crippen molar-refractivity contribution in [2.75, 3.05) is 46.5 Å². The number of nitrogens with zero attached hydrogens (tertiary/aromatic N) is 1. The molecule has 0 fully saturated rings. The fourth-order valence-corrected chi connectivity index (χ4v) is 2.45. The SMILES string of the molecule is CCN(CC(=O)NCCCOC)CC1COc2ccccc2O1. The molecule has 1 unspecified atom stereocenters. The van der Waals surface area contributed by atoms with Crippen molar-refractivity contribution in [2.24, 2.45) is 0 Å². The lowest BCUT2D eigenvalue weighted by atomic mass is 10.2. The van der Waals surface area contributed by atoms with Crippen molar-refractivity contribution in [3.8, 4) is 11.5 Å². The summed E-state index contributed by atoms with van der Waals surface area (Å²) in [6.45, 7) is 5.65.